The van der Waals surface area contributed by atoms with Crippen molar-refractivity contribution in [3.8, 4) is 0 Å². The van der Waals surface area contributed by atoms with Crippen LogP contribution in [-0.2, 0) is 13.6 Å². The second-order valence-corrected chi connectivity index (χ2v) is 7.36. The topological polar surface area (TPSA) is 37.3 Å². The summed E-state index contributed by atoms with van der Waals surface area (Å²) in [5.41, 5.74) is 0.0825. The van der Waals surface area contributed by atoms with Crippen molar-refractivity contribution in [2.24, 2.45) is 7.05 Å². The van der Waals surface area contributed by atoms with E-state index in [1.54, 1.807) is 23.0 Å². The van der Waals surface area contributed by atoms with Gasteiger partial charge in [-0.25, -0.2) is 0 Å². The number of fused-ring (bicyclic) bond motifs is 1. The van der Waals surface area contributed by atoms with Crippen LogP contribution in [0.3, 0.4) is 0 Å². The summed E-state index contributed by atoms with van der Waals surface area (Å²) >= 11 is 5.28. The van der Waals surface area contributed by atoms with Gasteiger partial charge in [0.2, 0.25) is 0 Å². The van der Waals surface area contributed by atoms with E-state index in [-0.39, 0.29) is 5.56 Å². The number of aromatic nitrogens is 1. The molecular weight excluding hydrogens is 338 g/mol. The van der Waals surface area contributed by atoms with E-state index in [0.717, 1.165) is 40.7 Å². The Balaban J connectivity index is 1.95. The molecule has 2 aromatic rings. The van der Waals surface area contributed by atoms with Gasteiger partial charge >= 0.3 is 0 Å². The van der Waals surface area contributed by atoms with Gasteiger partial charge in [-0.1, -0.05) is 0 Å². The first-order chi connectivity index (χ1) is 9.56. The average molecular weight is 356 g/mol. The molecule has 0 saturated carbocycles. The fourth-order valence-corrected chi connectivity index (χ4v) is 4.49. The van der Waals surface area contributed by atoms with Crippen LogP contribution < -0.4 is 10.9 Å². The van der Waals surface area contributed by atoms with Crippen molar-refractivity contribution in [1.29, 1.82) is 0 Å². The van der Waals surface area contributed by atoms with Gasteiger partial charge < -0.3 is 9.88 Å². The maximum Gasteiger partial charge on any atom is 0.259 e. The van der Waals surface area contributed by atoms with Gasteiger partial charge in [-0.3, -0.25) is 9.69 Å². The van der Waals surface area contributed by atoms with Crippen LogP contribution in [0.1, 0.15) is 11.8 Å². The van der Waals surface area contributed by atoms with Crippen molar-refractivity contribution in [1.82, 2.24) is 14.8 Å². The summed E-state index contributed by atoms with van der Waals surface area (Å²) in [6.45, 7) is 6.32. The Labute approximate surface area is 130 Å². The fraction of sp³-hybridized carbons (Fsp3) is 0.500. The molecule has 0 radical (unpaired) electrons. The number of hydrogen-bond donors (Lipinski definition) is 1. The Morgan fingerprint density at radius 3 is 3.10 bits per heavy atom. The number of pyridine rings is 1. The maximum absolute atomic E-state index is 12.2. The summed E-state index contributed by atoms with van der Waals surface area (Å²) in [6, 6.07) is 2.60. The van der Waals surface area contributed by atoms with Crippen molar-refractivity contribution in [2.45, 2.75) is 19.5 Å². The van der Waals surface area contributed by atoms with E-state index >= 15 is 0 Å². The minimum absolute atomic E-state index is 0.0825. The lowest BCUT2D eigenvalue weighted by atomic mass is 10.2. The smallest absolute Gasteiger partial charge is 0.259 e. The third-order valence-electron chi connectivity index (χ3n) is 3.86. The van der Waals surface area contributed by atoms with Gasteiger partial charge in [0.15, 0.2) is 0 Å². The first-order valence-corrected chi connectivity index (χ1v) is 8.39. The maximum atomic E-state index is 12.2. The summed E-state index contributed by atoms with van der Waals surface area (Å²) in [4.78, 5) is 15.9. The molecule has 3 heterocycles. The van der Waals surface area contributed by atoms with Crippen LogP contribution in [0.25, 0.3) is 10.1 Å². The quantitative estimate of drug-likeness (QED) is 0.896. The Bertz CT molecular complexity index is 694. The van der Waals surface area contributed by atoms with E-state index < -0.39 is 0 Å². The van der Waals surface area contributed by atoms with Crippen LogP contribution >= 0.6 is 27.3 Å². The fourth-order valence-electron chi connectivity index (χ4n) is 2.65. The molecule has 0 aromatic carbocycles. The van der Waals surface area contributed by atoms with E-state index in [2.05, 4.69) is 39.1 Å². The highest BCUT2D eigenvalue weighted by atomic mass is 79.9. The van der Waals surface area contributed by atoms with Gasteiger partial charge in [-0.05, 0) is 28.9 Å². The molecule has 0 amide bonds. The Morgan fingerprint density at radius 1 is 1.55 bits per heavy atom. The third-order valence-corrected chi connectivity index (χ3v) is 5.87. The number of hydrogen-bond acceptors (Lipinski definition) is 4. The molecule has 0 spiro atoms. The monoisotopic (exact) mass is 355 g/mol. The first-order valence-electron chi connectivity index (χ1n) is 6.78. The minimum atomic E-state index is 0.0825. The zero-order valence-electron chi connectivity index (χ0n) is 11.6. The summed E-state index contributed by atoms with van der Waals surface area (Å²) in [5.74, 6) is 0. The van der Waals surface area contributed by atoms with Crippen LogP contribution in [0, 0.1) is 0 Å². The molecule has 108 valence electrons. The molecule has 0 aliphatic carbocycles. The molecule has 1 N–H and O–H groups in total. The second-order valence-electron chi connectivity index (χ2n) is 5.37. The van der Waals surface area contributed by atoms with Gasteiger partial charge in [0.25, 0.3) is 5.56 Å². The van der Waals surface area contributed by atoms with Gasteiger partial charge in [0, 0.05) is 50.3 Å². The molecule has 1 aliphatic heterocycles. The Hall–Kier alpha value is -0.690. The van der Waals surface area contributed by atoms with E-state index in [0.29, 0.717) is 6.04 Å². The Kier molecular flexibility index (Phi) is 3.99. The number of thiophene rings is 1. The largest absolute Gasteiger partial charge is 0.317 e. The molecule has 1 fully saturated rings. The van der Waals surface area contributed by atoms with Crippen LogP contribution in [0.15, 0.2) is 21.5 Å². The highest BCUT2D eigenvalue weighted by Crippen LogP contribution is 2.30. The van der Waals surface area contributed by atoms with Crippen molar-refractivity contribution >= 4 is 37.4 Å². The molecule has 2 aromatic heterocycles. The highest BCUT2D eigenvalue weighted by molar-refractivity contribution is 9.10. The molecule has 20 heavy (non-hydrogen) atoms. The van der Waals surface area contributed by atoms with E-state index in [4.69, 9.17) is 0 Å². The first kappa shape index (κ1) is 14.3. The average Bonchev–Trinajstić information content (AvgIpc) is 2.83. The molecule has 1 aliphatic rings. The lowest BCUT2D eigenvalue weighted by molar-refractivity contribution is 0.167. The predicted octanol–water partition coefficient (Wildman–Crippen LogP) is 2.16. The number of nitrogens with one attached hydrogen (secondary N) is 1. The molecule has 1 saturated heterocycles. The molecule has 3 rings (SSSR count). The van der Waals surface area contributed by atoms with Crippen LogP contribution in [0.5, 0.6) is 0 Å². The van der Waals surface area contributed by atoms with Crippen LogP contribution in [0.2, 0.25) is 0 Å². The van der Waals surface area contributed by atoms with Crippen molar-refractivity contribution < 1.29 is 0 Å². The number of halogens is 1. The normalized spacial score (nSPS) is 20.6. The number of piperazine rings is 1. The van der Waals surface area contributed by atoms with Crippen LogP contribution in [0.4, 0.5) is 0 Å². The van der Waals surface area contributed by atoms with Crippen molar-refractivity contribution in [3.63, 3.8) is 0 Å². The summed E-state index contributed by atoms with van der Waals surface area (Å²) in [5, 5.41) is 4.23. The molecule has 1 unspecified atom stereocenters. The molecule has 0 bridgehead atoms. The number of nitrogens with zero attached hydrogens (tertiary/aromatic N) is 2. The molecule has 4 nitrogen and oxygen atoms in total. The lowest BCUT2D eigenvalue weighted by Crippen LogP contribution is -2.49. The zero-order valence-corrected chi connectivity index (χ0v) is 14.1. The highest BCUT2D eigenvalue weighted by Gasteiger charge is 2.19. The van der Waals surface area contributed by atoms with E-state index in [9.17, 15) is 4.79 Å². The summed E-state index contributed by atoms with van der Waals surface area (Å²) in [6.07, 6.45) is 1.85. The van der Waals surface area contributed by atoms with Gasteiger partial charge in [0.05, 0.1) is 14.6 Å². The predicted molar refractivity (Wildman–Crippen MR) is 87.5 cm³/mol. The summed E-state index contributed by atoms with van der Waals surface area (Å²) in [7, 11) is 1.79. The minimum Gasteiger partial charge on any atom is -0.317 e. The van der Waals surface area contributed by atoms with Crippen molar-refractivity contribution in [2.75, 3.05) is 19.6 Å². The standard InChI is InChI=1S/C14H18BrN3OS/c1-9-6-16-3-4-18(9)7-10-5-11-13(20-10)12(15)8-17(2)14(11)19/h5,8-9,16H,3-4,6-7H2,1-2H3. The van der Waals surface area contributed by atoms with Crippen molar-refractivity contribution in [3.05, 3.63) is 32.0 Å². The Morgan fingerprint density at radius 2 is 2.35 bits per heavy atom. The molecule has 1 atom stereocenters. The van der Waals surface area contributed by atoms with Crippen LogP contribution in [-0.4, -0.2) is 35.1 Å². The zero-order chi connectivity index (χ0) is 14.3. The lowest BCUT2D eigenvalue weighted by Gasteiger charge is -2.33. The van der Waals surface area contributed by atoms with Gasteiger partial charge in [-0.2, -0.15) is 0 Å². The molecular formula is C14H18BrN3OS. The van der Waals surface area contributed by atoms with E-state index in [1.165, 1.54) is 4.88 Å². The number of aryl methyl sites for hydroxylation is 1. The van der Waals surface area contributed by atoms with E-state index in [1.807, 2.05) is 6.20 Å². The third kappa shape index (κ3) is 2.57. The van der Waals surface area contributed by atoms with Gasteiger partial charge in [-0.15, -0.1) is 11.3 Å². The molecule has 6 heteroatoms. The number of rotatable bonds is 2. The second kappa shape index (κ2) is 5.60. The summed E-state index contributed by atoms with van der Waals surface area (Å²) < 4.78 is 3.70. The SMILES string of the molecule is CC1CNCCN1Cc1cc2c(=O)n(C)cc(Br)c2s1. The van der Waals surface area contributed by atoms with Gasteiger partial charge in [0.1, 0.15) is 0 Å².